The lowest BCUT2D eigenvalue weighted by Gasteiger charge is -2.28. The van der Waals surface area contributed by atoms with Crippen molar-refractivity contribution < 1.29 is 4.79 Å². The van der Waals surface area contributed by atoms with Crippen LogP contribution < -0.4 is 16.0 Å². The van der Waals surface area contributed by atoms with Crippen LogP contribution in [0.5, 0.6) is 0 Å². The van der Waals surface area contributed by atoms with E-state index in [9.17, 15) is 4.79 Å². The van der Waals surface area contributed by atoms with E-state index in [4.69, 9.17) is 5.73 Å². The summed E-state index contributed by atoms with van der Waals surface area (Å²) >= 11 is 0. The average molecular weight is 291 g/mol. The lowest BCUT2D eigenvalue weighted by molar-refractivity contribution is -0.116. The van der Waals surface area contributed by atoms with Crippen LogP contribution in [0.4, 0.5) is 5.69 Å². The molecular weight excluding hydrogens is 262 g/mol. The molecule has 0 heterocycles. The fourth-order valence-corrected chi connectivity index (χ4v) is 2.36. The van der Waals surface area contributed by atoms with Crippen molar-refractivity contribution in [1.29, 1.82) is 0 Å². The minimum Gasteiger partial charge on any atom is -0.368 e. The van der Waals surface area contributed by atoms with Crippen molar-refractivity contribution in [3.63, 3.8) is 0 Å². The van der Waals surface area contributed by atoms with E-state index < -0.39 is 0 Å². The first kappa shape index (κ1) is 17.5. The number of primary amides is 1. The van der Waals surface area contributed by atoms with Crippen LogP contribution in [-0.2, 0) is 11.3 Å². The van der Waals surface area contributed by atoms with Crippen LogP contribution >= 0.6 is 0 Å². The number of carbonyl (C=O) groups is 1. The Morgan fingerprint density at radius 2 is 1.95 bits per heavy atom. The first-order chi connectivity index (χ1) is 9.79. The Hall–Kier alpha value is -1.55. The molecule has 0 aliphatic carbocycles. The number of nitrogens with one attached hydrogen (secondary N) is 1. The Bertz CT molecular complexity index is 469. The Morgan fingerprint density at radius 3 is 2.48 bits per heavy atom. The number of anilines is 1. The molecule has 0 bridgehead atoms. The van der Waals surface area contributed by atoms with Gasteiger partial charge in [-0.1, -0.05) is 45.4 Å². The minimum atomic E-state index is -0.293. The molecule has 118 valence electrons. The fourth-order valence-electron chi connectivity index (χ4n) is 2.36. The molecule has 0 unspecified atom stereocenters. The van der Waals surface area contributed by atoms with Gasteiger partial charge >= 0.3 is 0 Å². The third kappa shape index (κ3) is 6.17. The molecule has 1 amide bonds. The quantitative estimate of drug-likeness (QED) is 0.773. The number of hydrogen-bond acceptors (Lipinski definition) is 3. The van der Waals surface area contributed by atoms with Gasteiger partial charge < -0.3 is 16.0 Å². The van der Waals surface area contributed by atoms with Gasteiger partial charge in [0, 0.05) is 24.8 Å². The number of benzene rings is 1. The zero-order valence-electron chi connectivity index (χ0n) is 13.9. The number of nitrogens with zero attached hydrogens (tertiary/aromatic N) is 1. The van der Waals surface area contributed by atoms with Gasteiger partial charge in [0.05, 0.1) is 6.54 Å². The van der Waals surface area contributed by atoms with Crippen LogP contribution in [-0.4, -0.2) is 25.0 Å². The second-order valence-electron chi connectivity index (χ2n) is 6.41. The van der Waals surface area contributed by atoms with Crippen LogP contribution in [0.3, 0.4) is 0 Å². The molecule has 1 aromatic rings. The van der Waals surface area contributed by atoms with Crippen molar-refractivity contribution in [3.8, 4) is 0 Å². The predicted molar refractivity (Wildman–Crippen MR) is 89.4 cm³/mol. The summed E-state index contributed by atoms with van der Waals surface area (Å²) in [6, 6.07) is 6.78. The summed E-state index contributed by atoms with van der Waals surface area (Å²) < 4.78 is 0. The van der Waals surface area contributed by atoms with E-state index in [0.29, 0.717) is 12.0 Å². The van der Waals surface area contributed by atoms with E-state index in [1.54, 1.807) is 0 Å². The first-order valence-corrected chi connectivity index (χ1v) is 7.65. The first-order valence-electron chi connectivity index (χ1n) is 7.65. The van der Waals surface area contributed by atoms with Crippen molar-refractivity contribution in [2.45, 2.75) is 47.2 Å². The summed E-state index contributed by atoms with van der Waals surface area (Å²) in [4.78, 5) is 13.5. The van der Waals surface area contributed by atoms with E-state index >= 15 is 0 Å². The number of nitrogens with two attached hydrogens (primary N) is 1. The Kier molecular flexibility index (Phi) is 6.69. The van der Waals surface area contributed by atoms with Crippen LogP contribution in [0.15, 0.2) is 18.2 Å². The molecule has 21 heavy (non-hydrogen) atoms. The number of carbonyl (C=O) groups excluding carboxylic acids is 1. The summed E-state index contributed by atoms with van der Waals surface area (Å²) in [5.74, 6) is 0.176. The second kappa shape index (κ2) is 8.03. The highest BCUT2D eigenvalue weighted by Crippen LogP contribution is 2.23. The molecule has 1 aromatic carbocycles. The molecule has 4 nitrogen and oxygen atoms in total. The maximum atomic E-state index is 11.4. The highest BCUT2D eigenvalue weighted by molar-refractivity contribution is 5.80. The molecule has 1 rings (SSSR count). The standard InChI is InChI=1S/C17H29N3O/c1-12(2)10-20(11-17(18)21)16-7-6-14(5)8-15(16)9-19-13(3)4/h6-8,12-13,19H,9-11H2,1-5H3,(H2,18,21). The second-order valence-corrected chi connectivity index (χ2v) is 6.41. The molecule has 4 heteroatoms. The van der Waals surface area contributed by atoms with Crippen molar-refractivity contribution >= 4 is 11.6 Å². The Balaban J connectivity index is 3.06. The lowest BCUT2D eigenvalue weighted by Crippen LogP contribution is -2.37. The van der Waals surface area contributed by atoms with Crippen molar-refractivity contribution in [2.75, 3.05) is 18.0 Å². The molecule has 3 N–H and O–H groups in total. The number of hydrogen-bond donors (Lipinski definition) is 2. The van der Waals surface area contributed by atoms with Crippen molar-refractivity contribution in [3.05, 3.63) is 29.3 Å². The number of amides is 1. The van der Waals surface area contributed by atoms with E-state index in [2.05, 4.69) is 63.0 Å². The molecule has 0 saturated carbocycles. The average Bonchev–Trinajstić information content (AvgIpc) is 2.34. The maximum Gasteiger partial charge on any atom is 0.236 e. The summed E-state index contributed by atoms with van der Waals surface area (Å²) in [5, 5.41) is 3.45. The normalized spacial score (nSPS) is 11.2. The molecular formula is C17H29N3O. The van der Waals surface area contributed by atoms with Gasteiger partial charge in [-0.2, -0.15) is 0 Å². The van der Waals surface area contributed by atoms with E-state index in [-0.39, 0.29) is 12.5 Å². The van der Waals surface area contributed by atoms with Gasteiger partial charge in [-0.05, 0) is 24.5 Å². The van der Waals surface area contributed by atoms with Gasteiger partial charge in [-0.3, -0.25) is 4.79 Å². The molecule has 0 saturated heterocycles. The van der Waals surface area contributed by atoms with E-state index in [1.807, 2.05) is 0 Å². The highest BCUT2D eigenvalue weighted by Gasteiger charge is 2.15. The van der Waals surface area contributed by atoms with Gasteiger partial charge in [0.1, 0.15) is 0 Å². The zero-order valence-corrected chi connectivity index (χ0v) is 13.9. The van der Waals surface area contributed by atoms with Crippen molar-refractivity contribution in [1.82, 2.24) is 5.32 Å². The van der Waals surface area contributed by atoms with E-state index in [0.717, 1.165) is 18.8 Å². The maximum absolute atomic E-state index is 11.4. The Labute approximate surface area is 128 Å². The largest absolute Gasteiger partial charge is 0.368 e. The molecule has 0 fully saturated rings. The van der Waals surface area contributed by atoms with Gasteiger partial charge in [-0.25, -0.2) is 0 Å². The highest BCUT2D eigenvalue weighted by atomic mass is 16.1. The number of aryl methyl sites for hydroxylation is 1. The third-order valence-electron chi connectivity index (χ3n) is 3.21. The summed E-state index contributed by atoms with van der Waals surface area (Å²) in [6.07, 6.45) is 0. The Morgan fingerprint density at radius 1 is 1.29 bits per heavy atom. The van der Waals surface area contributed by atoms with Crippen LogP contribution in [0.2, 0.25) is 0 Å². The van der Waals surface area contributed by atoms with Crippen LogP contribution in [0.25, 0.3) is 0 Å². The predicted octanol–water partition coefficient (Wildman–Crippen LogP) is 2.44. The van der Waals surface area contributed by atoms with Crippen LogP contribution in [0.1, 0.15) is 38.8 Å². The molecule has 0 aliphatic heterocycles. The van der Waals surface area contributed by atoms with E-state index in [1.165, 1.54) is 11.1 Å². The fraction of sp³-hybridized carbons (Fsp3) is 0.588. The topological polar surface area (TPSA) is 58.4 Å². The summed E-state index contributed by atoms with van der Waals surface area (Å²) in [6.45, 7) is 12.5. The third-order valence-corrected chi connectivity index (χ3v) is 3.21. The molecule has 0 atom stereocenters. The molecule has 0 spiro atoms. The lowest BCUT2D eigenvalue weighted by atomic mass is 10.1. The van der Waals surface area contributed by atoms with Crippen molar-refractivity contribution in [2.24, 2.45) is 11.7 Å². The van der Waals surface area contributed by atoms with Crippen LogP contribution in [0, 0.1) is 12.8 Å². The van der Waals surface area contributed by atoms with Gasteiger partial charge in [0.25, 0.3) is 0 Å². The van der Waals surface area contributed by atoms with Gasteiger partial charge in [0.2, 0.25) is 5.91 Å². The smallest absolute Gasteiger partial charge is 0.236 e. The SMILES string of the molecule is Cc1ccc(N(CC(N)=O)CC(C)C)c(CNC(C)C)c1. The molecule has 0 aliphatic rings. The molecule has 0 aromatic heterocycles. The zero-order chi connectivity index (χ0) is 16.0. The summed E-state index contributed by atoms with van der Waals surface area (Å²) in [5.41, 5.74) is 8.95. The van der Waals surface area contributed by atoms with Gasteiger partial charge in [0.15, 0.2) is 0 Å². The van der Waals surface area contributed by atoms with Gasteiger partial charge in [-0.15, -0.1) is 0 Å². The summed E-state index contributed by atoms with van der Waals surface area (Å²) in [7, 11) is 0. The monoisotopic (exact) mass is 291 g/mol. The minimum absolute atomic E-state index is 0.260. The molecule has 0 radical (unpaired) electrons. The number of rotatable bonds is 8.